The van der Waals surface area contributed by atoms with Crippen molar-refractivity contribution in [1.82, 2.24) is 0 Å². The highest BCUT2D eigenvalue weighted by atomic mass is 127. The molecule has 1 heteroatoms. The molecule has 0 saturated heterocycles. The summed E-state index contributed by atoms with van der Waals surface area (Å²) in [6.45, 7) is 0. The van der Waals surface area contributed by atoms with Gasteiger partial charge in [-0.1, -0.05) is 34.7 Å². The number of hydrogen-bond acceptors (Lipinski definition) is 0. The third kappa shape index (κ3) is 0.651. The van der Waals surface area contributed by atoms with Gasteiger partial charge in [-0.2, -0.15) is 0 Å². The standard InChI is InChI=1S/C4H5I/c5-4-2-1-3-4/h1-2,4H,3H2/t4-/m1/s1. The molecule has 0 radical (unpaired) electrons. The van der Waals surface area contributed by atoms with Crippen LogP contribution in [0.3, 0.4) is 0 Å². The van der Waals surface area contributed by atoms with E-state index in [9.17, 15) is 0 Å². The van der Waals surface area contributed by atoms with Crippen molar-refractivity contribution in [3.63, 3.8) is 0 Å². The van der Waals surface area contributed by atoms with Gasteiger partial charge in [0.15, 0.2) is 0 Å². The van der Waals surface area contributed by atoms with Crippen LogP contribution >= 0.6 is 22.6 Å². The smallest absolute Gasteiger partial charge is 0.0323 e. The van der Waals surface area contributed by atoms with Gasteiger partial charge in [-0.05, 0) is 6.42 Å². The van der Waals surface area contributed by atoms with Crippen LogP contribution in [0.2, 0.25) is 0 Å². The van der Waals surface area contributed by atoms with Gasteiger partial charge in [0.05, 0.1) is 0 Å². The van der Waals surface area contributed by atoms with Crippen molar-refractivity contribution < 1.29 is 0 Å². The first-order valence-corrected chi connectivity index (χ1v) is 2.95. The Morgan fingerprint density at radius 2 is 2.20 bits per heavy atom. The first-order chi connectivity index (χ1) is 2.39. The summed E-state index contributed by atoms with van der Waals surface area (Å²) in [6.07, 6.45) is 5.69. The van der Waals surface area contributed by atoms with Crippen LogP contribution in [0, 0.1) is 0 Å². The summed E-state index contributed by atoms with van der Waals surface area (Å²) in [5.41, 5.74) is 0. The van der Waals surface area contributed by atoms with Gasteiger partial charge in [-0.25, -0.2) is 0 Å². The monoisotopic (exact) mass is 180 g/mol. The lowest BCUT2D eigenvalue weighted by atomic mass is 10.1. The van der Waals surface area contributed by atoms with Crippen molar-refractivity contribution in [3.05, 3.63) is 12.2 Å². The molecule has 1 rings (SSSR count). The molecular weight excluding hydrogens is 175 g/mol. The summed E-state index contributed by atoms with van der Waals surface area (Å²) < 4.78 is 0.854. The molecule has 28 valence electrons. The van der Waals surface area contributed by atoms with E-state index in [-0.39, 0.29) is 0 Å². The molecule has 1 aliphatic rings. The summed E-state index contributed by atoms with van der Waals surface area (Å²) in [5, 5.41) is 0. The minimum absolute atomic E-state index is 0.854. The van der Waals surface area contributed by atoms with Crippen molar-refractivity contribution in [1.29, 1.82) is 0 Å². The quantitative estimate of drug-likeness (QED) is 0.302. The molecular formula is C4H5I. The van der Waals surface area contributed by atoms with Crippen LogP contribution < -0.4 is 0 Å². The van der Waals surface area contributed by atoms with Crippen LogP contribution in [0.1, 0.15) is 6.42 Å². The van der Waals surface area contributed by atoms with Crippen molar-refractivity contribution in [3.8, 4) is 0 Å². The predicted molar refractivity (Wildman–Crippen MR) is 31.6 cm³/mol. The van der Waals surface area contributed by atoms with Gasteiger partial charge in [0, 0.05) is 3.92 Å². The Kier molecular flexibility index (Phi) is 0.939. The Morgan fingerprint density at radius 1 is 1.80 bits per heavy atom. The van der Waals surface area contributed by atoms with E-state index in [2.05, 4.69) is 34.7 Å². The van der Waals surface area contributed by atoms with Crippen molar-refractivity contribution >= 4 is 22.6 Å². The van der Waals surface area contributed by atoms with Gasteiger partial charge in [-0.15, -0.1) is 0 Å². The van der Waals surface area contributed by atoms with Crippen molar-refractivity contribution in [2.75, 3.05) is 0 Å². The zero-order valence-corrected chi connectivity index (χ0v) is 4.97. The lowest BCUT2D eigenvalue weighted by molar-refractivity contribution is 1.02. The van der Waals surface area contributed by atoms with Gasteiger partial charge in [0.2, 0.25) is 0 Å². The first kappa shape index (κ1) is 3.65. The Bertz CT molecular complexity index is 56.7. The summed E-state index contributed by atoms with van der Waals surface area (Å²) in [6, 6.07) is 0. The molecule has 0 heterocycles. The summed E-state index contributed by atoms with van der Waals surface area (Å²) in [7, 11) is 0. The first-order valence-electron chi connectivity index (χ1n) is 1.70. The highest BCUT2D eigenvalue weighted by molar-refractivity contribution is 14.1. The zero-order chi connectivity index (χ0) is 3.70. The fourth-order valence-electron chi connectivity index (χ4n) is 0.239. The molecule has 0 fully saturated rings. The molecule has 0 spiro atoms. The Labute approximate surface area is 45.4 Å². The average Bonchev–Trinajstić information content (AvgIpc) is 1.30. The number of hydrogen-bond donors (Lipinski definition) is 0. The average molecular weight is 180 g/mol. The van der Waals surface area contributed by atoms with E-state index < -0.39 is 0 Å². The van der Waals surface area contributed by atoms with Crippen molar-refractivity contribution in [2.45, 2.75) is 10.3 Å². The lowest BCUT2D eigenvalue weighted by Gasteiger charge is -2.05. The number of rotatable bonds is 0. The maximum atomic E-state index is 2.41. The van der Waals surface area contributed by atoms with Gasteiger partial charge >= 0.3 is 0 Å². The van der Waals surface area contributed by atoms with Gasteiger partial charge in [-0.3, -0.25) is 0 Å². The number of halogens is 1. The van der Waals surface area contributed by atoms with E-state index >= 15 is 0 Å². The number of alkyl halides is 1. The molecule has 0 aromatic carbocycles. The second kappa shape index (κ2) is 1.29. The molecule has 0 saturated carbocycles. The summed E-state index contributed by atoms with van der Waals surface area (Å²) >= 11 is 2.41. The van der Waals surface area contributed by atoms with E-state index in [0.29, 0.717) is 0 Å². The molecule has 0 aromatic heterocycles. The third-order valence-electron chi connectivity index (χ3n) is 0.706. The molecule has 0 N–H and O–H groups in total. The fourth-order valence-corrected chi connectivity index (χ4v) is 0.826. The van der Waals surface area contributed by atoms with Crippen LogP contribution in [0.25, 0.3) is 0 Å². The van der Waals surface area contributed by atoms with Gasteiger partial charge in [0.25, 0.3) is 0 Å². The van der Waals surface area contributed by atoms with E-state index in [1.54, 1.807) is 0 Å². The normalized spacial score (nSPS) is 33.4. The SMILES string of the molecule is I[C@@H]1C=CC1. The van der Waals surface area contributed by atoms with Gasteiger partial charge < -0.3 is 0 Å². The van der Waals surface area contributed by atoms with E-state index in [4.69, 9.17) is 0 Å². The van der Waals surface area contributed by atoms with E-state index in [1.165, 1.54) is 6.42 Å². The number of allylic oxidation sites excluding steroid dienone is 2. The predicted octanol–water partition coefficient (Wildman–Crippen LogP) is 1.75. The second-order valence-corrected chi connectivity index (χ2v) is 2.78. The fraction of sp³-hybridized carbons (Fsp3) is 0.500. The maximum Gasteiger partial charge on any atom is 0.0323 e. The Balaban J connectivity index is 2.39. The molecule has 0 aliphatic heterocycles. The van der Waals surface area contributed by atoms with Crippen molar-refractivity contribution in [2.24, 2.45) is 0 Å². The molecule has 0 aromatic rings. The summed E-state index contributed by atoms with van der Waals surface area (Å²) in [4.78, 5) is 0. The maximum absolute atomic E-state index is 2.41. The molecule has 0 unspecified atom stereocenters. The minimum Gasteiger partial charge on any atom is -0.0861 e. The molecule has 1 atom stereocenters. The van der Waals surface area contributed by atoms with Crippen LogP contribution in [0.5, 0.6) is 0 Å². The molecule has 0 bridgehead atoms. The topological polar surface area (TPSA) is 0 Å². The van der Waals surface area contributed by atoms with Crippen LogP contribution in [0.15, 0.2) is 12.2 Å². The largest absolute Gasteiger partial charge is 0.0861 e. The van der Waals surface area contributed by atoms with Crippen LogP contribution in [-0.4, -0.2) is 3.92 Å². The second-order valence-electron chi connectivity index (χ2n) is 1.18. The highest BCUT2D eigenvalue weighted by Gasteiger charge is 2.00. The molecule has 1 aliphatic carbocycles. The molecule has 0 amide bonds. The Hall–Kier alpha value is 0.470. The highest BCUT2D eigenvalue weighted by Crippen LogP contribution is 2.16. The lowest BCUT2D eigenvalue weighted by Crippen LogP contribution is -1.96. The summed E-state index contributed by atoms with van der Waals surface area (Å²) in [5.74, 6) is 0. The minimum atomic E-state index is 0.854. The Morgan fingerprint density at radius 3 is 2.20 bits per heavy atom. The zero-order valence-electron chi connectivity index (χ0n) is 2.82. The third-order valence-corrected chi connectivity index (χ3v) is 1.63. The van der Waals surface area contributed by atoms with E-state index in [0.717, 1.165) is 3.92 Å². The van der Waals surface area contributed by atoms with Crippen LogP contribution in [-0.2, 0) is 0 Å². The molecule has 0 nitrogen and oxygen atoms in total. The van der Waals surface area contributed by atoms with Crippen LogP contribution in [0.4, 0.5) is 0 Å². The molecule has 5 heavy (non-hydrogen) atoms. The van der Waals surface area contributed by atoms with Gasteiger partial charge in [0.1, 0.15) is 0 Å². The van der Waals surface area contributed by atoms with E-state index in [1.807, 2.05) is 0 Å².